The van der Waals surface area contributed by atoms with Gasteiger partial charge >= 0.3 is 6.18 Å². The number of hydrogen-bond donors (Lipinski definition) is 0. The Hall–Kier alpha value is -0.700. The summed E-state index contributed by atoms with van der Waals surface area (Å²) in [5.74, 6) is 0.372. The second kappa shape index (κ2) is 5.30. The molecule has 0 unspecified atom stereocenters. The zero-order valence-corrected chi connectivity index (χ0v) is 11.1. The Morgan fingerprint density at radius 2 is 2.06 bits per heavy atom. The van der Waals surface area contributed by atoms with Gasteiger partial charge in [0.2, 0.25) is 10.1 Å². The minimum atomic E-state index is -4.46. The molecular weight excluding hydrogens is 275 g/mol. The smallest absolute Gasteiger partial charge is 0.346 e. The summed E-state index contributed by atoms with van der Waals surface area (Å²) in [6.07, 6.45) is -2.92. The van der Waals surface area contributed by atoms with Crippen LogP contribution < -0.4 is 4.90 Å². The van der Waals surface area contributed by atoms with Gasteiger partial charge < -0.3 is 4.90 Å². The van der Waals surface area contributed by atoms with Crippen LogP contribution in [0.1, 0.15) is 11.9 Å². The fraction of sp³-hybridized carbons (Fsp3) is 0.750. The average Bonchev–Trinajstić information content (AvgIpc) is 2.63. The fourth-order valence-electron chi connectivity index (χ4n) is 1.11. The Morgan fingerprint density at radius 1 is 1.47 bits per heavy atom. The lowest BCUT2D eigenvalue weighted by molar-refractivity contribution is -0.138. The lowest BCUT2D eigenvalue weighted by Gasteiger charge is -2.22. The molecule has 0 amide bonds. The first kappa shape index (κ1) is 14.4. The lowest BCUT2D eigenvalue weighted by atomic mass is 10.4. The van der Waals surface area contributed by atoms with Crippen molar-refractivity contribution in [3.8, 4) is 0 Å². The minimum Gasteiger partial charge on any atom is -0.346 e. The molecule has 1 aromatic rings. The molecule has 2 atom stereocenters. The maximum atomic E-state index is 12.3. The zero-order chi connectivity index (χ0) is 13.2. The van der Waals surface area contributed by atoms with Gasteiger partial charge in [-0.2, -0.15) is 13.2 Å². The number of hydrogen-bond acceptors (Lipinski definition) is 5. The summed E-state index contributed by atoms with van der Waals surface area (Å²) in [5, 5.41) is 5.79. The molecular formula is C8H12F3N3OS2. The van der Waals surface area contributed by atoms with Gasteiger partial charge in [0, 0.05) is 35.9 Å². The van der Waals surface area contributed by atoms with E-state index in [9.17, 15) is 17.4 Å². The highest BCUT2D eigenvalue weighted by molar-refractivity contribution is 7.84. The molecule has 4 nitrogen and oxygen atoms in total. The first-order valence-corrected chi connectivity index (χ1v) is 7.19. The molecule has 0 saturated carbocycles. The van der Waals surface area contributed by atoms with Crippen molar-refractivity contribution in [2.24, 2.45) is 0 Å². The zero-order valence-electron chi connectivity index (χ0n) is 9.48. The Labute approximate surface area is 103 Å². The fourth-order valence-corrected chi connectivity index (χ4v) is 2.79. The van der Waals surface area contributed by atoms with Crippen LogP contribution in [0.4, 0.5) is 18.3 Å². The molecule has 1 rings (SSSR count). The third kappa shape index (κ3) is 3.91. The first-order valence-electron chi connectivity index (χ1n) is 4.65. The van der Waals surface area contributed by atoms with Crippen LogP contribution >= 0.6 is 11.3 Å². The monoisotopic (exact) mass is 287 g/mol. The summed E-state index contributed by atoms with van der Waals surface area (Å²) in [5.41, 5.74) is 0. The van der Waals surface area contributed by atoms with E-state index in [0.29, 0.717) is 17.1 Å². The summed E-state index contributed by atoms with van der Waals surface area (Å²) >= 11 is 0.483. The Kier molecular flexibility index (Phi) is 4.48. The molecule has 0 aromatic carbocycles. The highest BCUT2D eigenvalue weighted by Crippen LogP contribution is 2.34. The molecule has 0 saturated heterocycles. The van der Waals surface area contributed by atoms with Gasteiger partial charge in [-0.1, -0.05) is 11.3 Å². The van der Waals surface area contributed by atoms with E-state index in [1.165, 1.54) is 0 Å². The van der Waals surface area contributed by atoms with Crippen molar-refractivity contribution >= 4 is 27.3 Å². The van der Waals surface area contributed by atoms with E-state index in [-0.39, 0.29) is 11.2 Å². The van der Waals surface area contributed by atoms with Crippen LogP contribution in [-0.2, 0) is 17.0 Å². The quantitative estimate of drug-likeness (QED) is 0.846. The maximum Gasteiger partial charge on any atom is 0.445 e. The van der Waals surface area contributed by atoms with E-state index in [0.717, 1.165) is 0 Å². The number of anilines is 1. The van der Waals surface area contributed by atoms with E-state index >= 15 is 0 Å². The summed E-state index contributed by atoms with van der Waals surface area (Å²) in [7, 11) is 0.602. The van der Waals surface area contributed by atoms with Crippen molar-refractivity contribution in [2.45, 2.75) is 19.1 Å². The van der Waals surface area contributed by atoms with Gasteiger partial charge in [-0.05, 0) is 6.92 Å². The van der Waals surface area contributed by atoms with Gasteiger partial charge in [-0.15, -0.1) is 10.2 Å². The van der Waals surface area contributed by atoms with E-state index in [1.807, 2.05) is 0 Å². The number of halogens is 3. The van der Waals surface area contributed by atoms with Crippen molar-refractivity contribution in [1.29, 1.82) is 0 Å². The second-order valence-corrected chi connectivity index (χ2v) is 6.02. The molecule has 0 spiro atoms. The average molecular weight is 287 g/mol. The van der Waals surface area contributed by atoms with E-state index in [1.54, 1.807) is 25.1 Å². The van der Waals surface area contributed by atoms with Gasteiger partial charge in [0.15, 0.2) is 0 Å². The molecule has 0 N–H and O–H groups in total. The van der Waals surface area contributed by atoms with Gasteiger partial charge in [0.05, 0.1) is 0 Å². The summed E-state index contributed by atoms with van der Waals surface area (Å²) in [6.45, 7) is 1.77. The van der Waals surface area contributed by atoms with Crippen LogP contribution in [-0.4, -0.2) is 39.5 Å². The highest BCUT2D eigenvalue weighted by Gasteiger charge is 2.36. The Morgan fingerprint density at radius 3 is 2.47 bits per heavy atom. The van der Waals surface area contributed by atoms with Crippen LogP contribution in [0, 0.1) is 0 Å². The van der Waals surface area contributed by atoms with Crippen molar-refractivity contribution in [3.63, 3.8) is 0 Å². The second-order valence-electron chi connectivity index (χ2n) is 3.59. The van der Waals surface area contributed by atoms with Crippen molar-refractivity contribution < 1.29 is 17.4 Å². The maximum absolute atomic E-state index is 12.3. The topological polar surface area (TPSA) is 46.1 Å². The molecule has 0 fully saturated rings. The SMILES string of the molecule is C[C@H](C[S@](C)=O)N(C)c1nnc(C(F)(F)F)s1. The predicted octanol–water partition coefficient (Wildman–Crippen LogP) is 1.76. The molecule has 0 aliphatic rings. The summed E-state index contributed by atoms with van der Waals surface area (Å²) in [4.78, 5) is 1.55. The molecule has 9 heteroatoms. The first-order chi connectivity index (χ1) is 7.71. The van der Waals surface area contributed by atoms with Crippen molar-refractivity contribution in [2.75, 3.05) is 24.0 Å². The van der Waals surface area contributed by atoms with Crippen LogP contribution in [0.5, 0.6) is 0 Å². The Balaban J connectivity index is 2.79. The number of nitrogens with zero attached hydrogens (tertiary/aromatic N) is 3. The van der Waals surface area contributed by atoms with Gasteiger partial charge in [0.25, 0.3) is 0 Å². The predicted molar refractivity (Wildman–Crippen MR) is 61.7 cm³/mol. The number of alkyl halides is 3. The summed E-state index contributed by atoms with van der Waals surface area (Å²) in [6, 6.07) is -0.158. The molecule has 17 heavy (non-hydrogen) atoms. The minimum absolute atomic E-state index is 0.158. The number of aromatic nitrogens is 2. The van der Waals surface area contributed by atoms with Crippen molar-refractivity contribution in [1.82, 2.24) is 10.2 Å². The summed E-state index contributed by atoms with van der Waals surface area (Å²) < 4.78 is 48.0. The van der Waals surface area contributed by atoms with E-state index in [2.05, 4.69) is 10.2 Å². The van der Waals surface area contributed by atoms with Crippen LogP contribution in [0.15, 0.2) is 0 Å². The third-order valence-corrected chi connectivity index (χ3v) is 4.11. The van der Waals surface area contributed by atoms with Crippen LogP contribution in [0.25, 0.3) is 0 Å². The van der Waals surface area contributed by atoms with E-state index in [4.69, 9.17) is 0 Å². The van der Waals surface area contributed by atoms with E-state index < -0.39 is 22.0 Å². The van der Waals surface area contributed by atoms with Crippen LogP contribution in [0.2, 0.25) is 0 Å². The largest absolute Gasteiger partial charge is 0.445 e. The number of rotatable bonds is 4. The molecule has 0 aliphatic carbocycles. The molecule has 0 aliphatic heterocycles. The lowest BCUT2D eigenvalue weighted by Crippen LogP contribution is -2.33. The van der Waals surface area contributed by atoms with Crippen molar-refractivity contribution in [3.05, 3.63) is 5.01 Å². The molecule has 0 radical (unpaired) electrons. The third-order valence-electron chi connectivity index (χ3n) is 2.10. The van der Waals surface area contributed by atoms with Gasteiger partial charge in [-0.25, -0.2) is 0 Å². The molecule has 0 bridgehead atoms. The van der Waals surface area contributed by atoms with Crippen LogP contribution in [0.3, 0.4) is 0 Å². The molecule has 1 aromatic heterocycles. The normalized spacial score (nSPS) is 15.6. The molecule has 1 heterocycles. The molecule has 98 valence electrons. The van der Waals surface area contributed by atoms with Gasteiger partial charge in [-0.3, -0.25) is 4.21 Å². The standard InChI is InChI=1S/C8H12F3N3OS2/c1-5(4-17(3)15)14(2)7-13-12-6(16-7)8(9,10)11/h5H,4H2,1-3H3/t5-,17+/m1/s1. The Bertz CT molecular complexity index is 407. The van der Waals surface area contributed by atoms with Gasteiger partial charge in [0.1, 0.15) is 0 Å². The highest BCUT2D eigenvalue weighted by atomic mass is 32.2.